The first-order chi connectivity index (χ1) is 13.5. The quantitative estimate of drug-likeness (QED) is 0.757. The zero-order valence-corrected chi connectivity index (χ0v) is 16.6. The van der Waals surface area contributed by atoms with Gasteiger partial charge in [0.1, 0.15) is 18.1 Å². The number of rotatable bonds is 7. The molecular weight excluding hydrogens is 354 g/mol. The highest BCUT2D eigenvalue weighted by Crippen LogP contribution is 2.40. The molecule has 2 aliphatic heterocycles. The SMILES string of the molecule is CC(C)C[C@H](N)COc1ccc2c(c1)OCC1C=CN(NC(=O)C3CC3)C=C21. The Balaban J connectivity index is 1.45. The van der Waals surface area contributed by atoms with Crippen molar-refractivity contribution in [2.24, 2.45) is 23.5 Å². The van der Waals surface area contributed by atoms with E-state index in [0.29, 0.717) is 19.1 Å². The summed E-state index contributed by atoms with van der Waals surface area (Å²) in [5.74, 6) is 2.58. The van der Waals surface area contributed by atoms with Crippen molar-refractivity contribution in [1.29, 1.82) is 0 Å². The number of ether oxygens (including phenoxy) is 2. The maximum atomic E-state index is 12.1. The summed E-state index contributed by atoms with van der Waals surface area (Å²) in [6.45, 7) is 5.39. The molecule has 3 N–H and O–H groups in total. The van der Waals surface area contributed by atoms with Crippen LogP contribution in [0.3, 0.4) is 0 Å². The molecule has 28 heavy (non-hydrogen) atoms. The fourth-order valence-electron chi connectivity index (χ4n) is 3.64. The molecule has 1 fully saturated rings. The molecule has 4 rings (SSSR count). The van der Waals surface area contributed by atoms with Crippen LogP contribution in [0.1, 0.15) is 38.7 Å². The van der Waals surface area contributed by atoms with E-state index in [-0.39, 0.29) is 23.8 Å². The Labute approximate surface area is 166 Å². The van der Waals surface area contributed by atoms with Crippen molar-refractivity contribution in [1.82, 2.24) is 10.4 Å². The first-order valence-corrected chi connectivity index (χ1v) is 10.1. The zero-order chi connectivity index (χ0) is 19.7. The molecule has 1 saturated carbocycles. The Bertz CT molecular complexity index is 798. The minimum atomic E-state index is 0.0242. The topological polar surface area (TPSA) is 76.8 Å². The number of benzene rings is 1. The molecule has 3 aliphatic rings. The molecule has 1 aromatic carbocycles. The van der Waals surface area contributed by atoms with E-state index < -0.39 is 0 Å². The minimum absolute atomic E-state index is 0.0242. The van der Waals surface area contributed by atoms with E-state index in [9.17, 15) is 4.79 Å². The Morgan fingerprint density at radius 1 is 1.39 bits per heavy atom. The second-order valence-corrected chi connectivity index (χ2v) is 8.36. The highest BCUT2D eigenvalue weighted by molar-refractivity contribution is 5.81. The number of carbonyl (C=O) groups is 1. The highest BCUT2D eigenvalue weighted by Gasteiger charge is 2.32. The molecule has 1 unspecified atom stereocenters. The monoisotopic (exact) mass is 383 g/mol. The summed E-state index contributed by atoms with van der Waals surface area (Å²) in [6, 6.07) is 5.94. The van der Waals surface area contributed by atoms with Crippen molar-refractivity contribution in [3.63, 3.8) is 0 Å². The molecule has 1 aliphatic carbocycles. The Morgan fingerprint density at radius 2 is 2.21 bits per heavy atom. The van der Waals surface area contributed by atoms with Crippen molar-refractivity contribution in [2.75, 3.05) is 13.2 Å². The number of nitrogens with two attached hydrogens (primary N) is 1. The standard InChI is InChI=1S/C22H29N3O3/c1-14(2)9-17(23)13-27-18-5-6-19-20-11-25(24-22(26)15-3-4-15)8-7-16(20)12-28-21(19)10-18/h5-8,10-11,14-17H,3-4,9,12-13,23H2,1-2H3,(H,24,26)/t16?,17-/m0/s1. The lowest BCUT2D eigenvalue weighted by Crippen LogP contribution is -2.38. The molecule has 0 radical (unpaired) electrons. The number of amides is 1. The van der Waals surface area contributed by atoms with E-state index in [2.05, 4.69) is 25.3 Å². The first-order valence-electron chi connectivity index (χ1n) is 10.1. The van der Waals surface area contributed by atoms with Crippen LogP contribution in [-0.2, 0) is 4.79 Å². The smallest absolute Gasteiger partial charge is 0.241 e. The van der Waals surface area contributed by atoms with Gasteiger partial charge in [0.25, 0.3) is 0 Å². The summed E-state index contributed by atoms with van der Waals surface area (Å²) < 4.78 is 11.8. The van der Waals surface area contributed by atoms with Gasteiger partial charge in [0.05, 0.1) is 6.61 Å². The van der Waals surface area contributed by atoms with Crippen molar-refractivity contribution < 1.29 is 14.3 Å². The second-order valence-electron chi connectivity index (χ2n) is 8.36. The molecular formula is C22H29N3O3. The van der Waals surface area contributed by atoms with Crippen LogP contribution in [0.4, 0.5) is 0 Å². The van der Waals surface area contributed by atoms with E-state index in [1.807, 2.05) is 30.6 Å². The summed E-state index contributed by atoms with van der Waals surface area (Å²) in [7, 11) is 0. The Kier molecular flexibility index (Phi) is 5.31. The van der Waals surface area contributed by atoms with Crippen LogP contribution in [0.25, 0.3) is 5.57 Å². The minimum Gasteiger partial charge on any atom is -0.492 e. The molecule has 6 heteroatoms. The van der Waals surface area contributed by atoms with Crippen LogP contribution < -0.4 is 20.6 Å². The van der Waals surface area contributed by atoms with Crippen molar-refractivity contribution in [3.8, 4) is 11.5 Å². The van der Waals surface area contributed by atoms with Gasteiger partial charge < -0.3 is 15.2 Å². The van der Waals surface area contributed by atoms with Gasteiger partial charge in [-0.05, 0) is 42.9 Å². The van der Waals surface area contributed by atoms with Crippen molar-refractivity contribution >= 4 is 11.5 Å². The van der Waals surface area contributed by atoms with Gasteiger partial charge in [-0.25, -0.2) is 0 Å². The summed E-state index contributed by atoms with van der Waals surface area (Å²) in [5, 5.41) is 1.76. The van der Waals surface area contributed by atoms with Crippen LogP contribution >= 0.6 is 0 Å². The highest BCUT2D eigenvalue weighted by atomic mass is 16.5. The van der Waals surface area contributed by atoms with E-state index in [1.54, 1.807) is 5.01 Å². The van der Waals surface area contributed by atoms with E-state index in [1.165, 1.54) is 0 Å². The molecule has 1 aromatic rings. The summed E-state index contributed by atoms with van der Waals surface area (Å²) in [6.07, 6.45) is 8.87. The molecule has 6 nitrogen and oxygen atoms in total. The molecule has 2 heterocycles. The van der Waals surface area contributed by atoms with Crippen LogP contribution in [0, 0.1) is 17.8 Å². The Morgan fingerprint density at radius 3 is 2.96 bits per heavy atom. The summed E-state index contributed by atoms with van der Waals surface area (Å²) in [5.41, 5.74) is 11.2. The third-order valence-electron chi connectivity index (χ3n) is 5.26. The lowest BCUT2D eigenvalue weighted by Gasteiger charge is -2.32. The molecule has 1 amide bonds. The van der Waals surface area contributed by atoms with Gasteiger partial charge in [0, 0.05) is 41.9 Å². The molecule has 0 bridgehead atoms. The van der Waals surface area contributed by atoms with Gasteiger partial charge in [0.15, 0.2) is 0 Å². The van der Waals surface area contributed by atoms with Crippen LogP contribution in [0.5, 0.6) is 11.5 Å². The van der Waals surface area contributed by atoms with E-state index in [4.69, 9.17) is 15.2 Å². The molecule has 0 spiro atoms. The van der Waals surface area contributed by atoms with Crippen LogP contribution in [0.2, 0.25) is 0 Å². The molecule has 150 valence electrons. The van der Waals surface area contributed by atoms with Gasteiger partial charge in [-0.3, -0.25) is 15.2 Å². The maximum Gasteiger partial charge on any atom is 0.241 e. The summed E-state index contributed by atoms with van der Waals surface area (Å²) >= 11 is 0. The number of fused-ring (bicyclic) bond motifs is 3. The predicted octanol–water partition coefficient (Wildman–Crippen LogP) is 3.06. The lowest BCUT2D eigenvalue weighted by atomic mass is 9.89. The van der Waals surface area contributed by atoms with Gasteiger partial charge in [-0.1, -0.05) is 19.9 Å². The third kappa shape index (κ3) is 4.33. The van der Waals surface area contributed by atoms with E-state index in [0.717, 1.165) is 41.9 Å². The number of nitrogens with one attached hydrogen (secondary N) is 1. The van der Waals surface area contributed by atoms with Crippen molar-refractivity contribution in [2.45, 2.75) is 39.2 Å². The largest absolute Gasteiger partial charge is 0.492 e. The average Bonchev–Trinajstić information content (AvgIpc) is 3.51. The van der Waals surface area contributed by atoms with Crippen LogP contribution in [-0.4, -0.2) is 30.2 Å². The normalized spacial score (nSPS) is 21.4. The maximum absolute atomic E-state index is 12.1. The van der Waals surface area contributed by atoms with E-state index >= 15 is 0 Å². The van der Waals surface area contributed by atoms with Crippen LogP contribution in [0.15, 0.2) is 36.7 Å². The molecule has 2 atom stereocenters. The Hall–Kier alpha value is -2.47. The number of hydrazine groups is 1. The fourth-order valence-corrected chi connectivity index (χ4v) is 3.64. The molecule has 0 aromatic heterocycles. The molecule has 0 saturated heterocycles. The van der Waals surface area contributed by atoms with Gasteiger partial charge >= 0.3 is 0 Å². The van der Waals surface area contributed by atoms with Gasteiger partial charge in [-0.2, -0.15) is 0 Å². The van der Waals surface area contributed by atoms with Crippen molar-refractivity contribution in [3.05, 3.63) is 42.2 Å². The second kappa shape index (κ2) is 7.87. The number of hydrogen-bond acceptors (Lipinski definition) is 5. The lowest BCUT2D eigenvalue weighted by molar-refractivity contribution is -0.125. The number of hydrogen-bond donors (Lipinski definition) is 2. The average molecular weight is 383 g/mol. The predicted molar refractivity (Wildman–Crippen MR) is 108 cm³/mol. The number of nitrogens with zero attached hydrogens (tertiary/aromatic N) is 1. The third-order valence-corrected chi connectivity index (χ3v) is 5.26. The fraction of sp³-hybridized carbons (Fsp3) is 0.500. The number of carbonyl (C=O) groups excluding carboxylic acids is 1. The van der Waals surface area contributed by atoms with Gasteiger partial charge in [-0.15, -0.1) is 0 Å². The summed E-state index contributed by atoms with van der Waals surface area (Å²) in [4.78, 5) is 12.1. The first kappa shape index (κ1) is 18.9. The van der Waals surface area contributed by atoms with Gasteiger partial charge in [0.2, 0.25) is 5.91 Å². The zero-order valence-electron chi connectivity index (χ0n) is 16.6.